The molecule has 2 heterocycles. The van der Waals surface area contributed by atoms with Gasteiger partial charge in [-0.1, -0.05) is 11.6 Å². The van der Waals surface area contributed by atoms with Crippen molar-refractivity contribution in [3.05, 3.63) is 33.6 Å². The summed E-state index contributed by atoms with van der Waals surface area (Å²) in [6.07, 6.45) is 1.80. The fourth-order valence-electron chi connectivity index (χ4n) is 2.06. The Balaban J connectivity index is 0.00000338. The van der Waals surface area contributed by atoms with E-state index in [-0.39, 0.29) is 49.0 Å². The number of nitrogens with zero attached hydrogens (tertiary/aromatic N) is 2. The Morgan fingerprint density at radius 2 is 2.00 bits per heavy atom. The van der Waals surface area contributed by atoms with E-state index in [2.05, 4.69) is 20.3 Å². The first-order valence-electron chi connectivity index (χ1n) is 7.41. The molecule has 0 saturated carbocycles. The van der Waals surface area contributed by atoms with Crippen LogP contribution in [0.1, 0.15) is 32.3 Å². The zero-order valence-corrected chi connectivity index (χ0v) is 17.4. The summed E-state index contributed by atoms with van der Waals surface area (Å²) in [5, 5.41) is 8.12. The number of rotatable bonds is 6. The molecular formula is C15H18ClN5O3SV. The van der Waals surface area contributed by atoms with Crippen molar-refractivity contribution in [1.82, 2.24) is 19.6 Å². The molecule has 1 radical (unpaired) electrons. The van der Waals surface area contributed by atoms with Crippen molar-refractivity contribution in [2.45, 2.75) is 13.3 Å². The van der Waals surface area contributed by atoms with Crippen LogP contribution in [0.2, 0.25) is 5.02 Å². The van der Waals surface area contributed by atoms with E-state index >= 15 is 0 Å². The number of aryl methyl sites for hydroxylation is 2. The minimum absolute atomic E-state index is 0. The van der Waals surface area contributed by atoms with E-state index in [0.717, 1.165) is 16.4 Å². The van der Waals surface area contributed by atoms with Crippen molar-refractivity contribution in [3.63, 3.8) is 0 Å². The van der Waals surface area contributed by atoms with E-state index < -0.39 is 5.91 Å². The van der Waals surface area contributed by atoms with Gasteiger partial charge in [0.25, 0.3) is 11.8 Å². The van der Waals surface area contributed by atoms with Gasteiger partial charge in [0, 0.05) is 56.7 Å². The van der Waals surface area contributed by atoms with E-state index in [1.165, 1.54) is 7.05 Å². The molecule has 0 aliphatic rings. The minimum atomic E-state index is -0.438. The first-order valence-corrected chi connectivity index (χ1v) is 8.57. The zero-order chi connectivity index (χ0) is 18.6. The fraction of sp³-hybridized carbons (Fsp3) is 0.333. The molecule has 0 unspecified atom stereocenters. The van der Waals surface area contributed by atoms with Crippen LogP contribution >= 0.6 is 23.1 Å². The minimum Gasteiger partial charge on any atom is -0.359 e. The third-order valence-electron chi connectivity index (χ3n) is 3.42. The van der Waals surface area contributed by atoms with Crippen molar-refractivity contribution in [2.24, 2.45) is 7.05 Å². The van der Waals surface area contributed by atoms with Gasteiger partial charge in [0.05, 0.1) is 10.7 Å². The number of nitrogens with one attached hydrogen (secondary N) is 3. The van der Waals surface area contributed by atoms with Gasteiger partial charge in [-0.2, -0.15) is 4.37 Å². The van der Waals surface area contributed by atoms with Gasteiger partial charge in [-0.15, -0.1) is 0 Å². The first-order chi connectivity index (χ1) is 11.8. The Bertz CT molecular complexity index is 820. The van der Waals surface area contributed by atoms with Gasteiger partial charge >= 0.3 is 0 Å². The molecule has 0 fully saturated rings. The Hall–Kier alpha value is -1.81. The zero-order valence-electron chi connectivity index (χ0n) is 14.4. The molecular weight excluding hydrogens is 417 g/mol. The Labute approximate surface area is 171 Å². The van der Waals surface area contributed by atoms with Gasteiger partial charge in [-0.05, 0) is 24.5 Å². The Kier molecular flexibility index (Phi) is 8.36. The van der Waals surface area contributed by atoms with E-state index in [1.807, 2.05) is 0 Å². The number of carbonyl (C=O) groups excluding carboxylic acids is 3. The fourth-order valence-corrected chi connectivity index (χ4v) is 2.92. The third kappa shape index (κ3) is 5.34. The molecule has 0 bridgehead atoms. The standard InChI is InChI=1S/C15H18ClN5O3S.V/c1-8-12(16)13(20-25-8)15(24)19-9-6-10(21(3)7-9)14(23)18-5-4-11(22)17-2;/h6-7H,4-5H2,1-3H3,(H,17,22)(H,18,23)(H,19,24);. The number of halogens is 1. The molecule has 26 heavy (non-hydrogen) atoms. The third-order valence-corrected chi connectivity index (χ3v) is 4.74. The molecule has 0 aliphatic heterocycles. The molecule has 3 N–H and O–H groups in total. The van der Waals surface area contributed by atoms with Crippen LogP contribution < -0.4 is 16.0 Å². The van der Waals surface area contributed by atoms with Gasteiger partial charge in [0.2, 0.25) is 5.91 Å². The maximum Gasteiger partial charge on any atom is 0.276 e. The summed E-state index contributed by atoms with van der Waals surface area (Å²) in [7, 11) is 3.22. The summed E-state index contributed by atoms with van der Waals surface area (Å²) in [4.78, 5) is 36.3. The van der Waals surface area contributed by atoms with Crippen molar-refractivity contribution < 1.29 is 32.9 Å². The number of amides is 3. The van der Waals surface area contributed by atoms with Crippen molar-refractivity contribution in [3.8, 4) is 0 Å². The second-order valence-electron chi connectivity index (χ2n) is 5.26. The molecule has 0 atom stereocenters. The SMILES string of the molecule is CNC(=O)CCNC(=O)c1cc(NC(=O)c2nsc(C)c2Cl)cn1C.[V]. The monoisotopic (exact) mass is 434 g/mol. The van der Waals surface area contributed by atoms with Gasteiger partial charge in [-0.25, -0.2) is 0 Å². The number of anilines is 1. The summed E-state index contributed by atoms with van der Waals surface area (Å²) in [5.74, 6) is -0.934. The molecule has 2 aromatic rings. The molecule has 139 valence electrons. The Morgan fingerprint density at radius 3 is 2.58 bits per heavy atom. The van der Waals surface area contributed by atoms with Crippen LogP contribution in [0.25, 0.3) is 0 Å². The van der Waals surface area contributed by atoms with Crippen LogP contribution in [0, 0.1) is 6.92 Å². The largest absolute Gasteiger partial charge is 0.359 e. The first kappa shape index (κ1) is 22.2. The number of hydrogen-bond donors (Lipinski definition) is 3. The average Bonchev–Trinajstić information content (AvgIpc) is 3.10. The summed E-state index contributed by atoms with van der Waals surface area (Å²) in [5.41, 5.74) is 0.961. The van der Waals surface area contributed by atoms with Crippen LogP contribution in [-0.2, 0) is 30.4 Å². The van der Waals surface area contributed by atoms with Gasteiger partial charge in [0.1, 0.15) is 5.69 Å². The van der Waals surface area contributed by atoms with Crippen LogP contribution in [0.15, 0.2) is 12.3 Å². The summed E-state index contributed by atoms with van der Waals surface area (Å²) in [6, 6.07) is 1.54. The molecule has 3 amide bonds. The van der Waals surface area contributed by atoms with Crippen LogP contribution in [0.5, 0.6) is 0 Å². The van der Waals surface area contributed by atoms with E-state index in [0.29, 0.717) is 16.4 Å². The summed E-state index contributed by atoms with van der Waals surface area (Å²) in [6.45, 7) is 2.00. The second-order valence-corrected chi connectivity index (χ2v) is 6.61. The average molecular weight is 435 g/mol. The van der Waals surface area contributed by atoms with Crippen molar-refractivity contribution >= 4 is 46.5 Å². The number of carbonyl (C=O) groups is 3. The van der Waals surface area contributed by atoms with Crippen molar-refractivity contribution in [1.29, 1.82) is 0 Å². The molecule has 11 heteroatoms. The predicted molar refractivity (Wildman–Crippen MR) is 96.2 cm³/mol. The molecule has 0 aliphatic carbocycles. The quantitative estimate of drug-likeness (QED) is 0.641. The summed E-state index contributed by atoms with van der Waals surface area (Å²) < 4.78 is 5.60. The van der Waals surface area contributed by atoms with Gasteiger partial charge < -0.3 is 20.5 Å². The maximum absolute atomic E-state index is 12.2. The molecule has 8 nitrogen and oxygen atoms in total. The molecule has 2 rings (SSSR count). The second kappa shape index (κ2) is 9.77. The molecule has 0 saturated heterocycles. The van der Waals surface area contributed by atoms with Gasteiger partial charge in [-0.3, -0.25) is 14.4 Å². The smallest absolute Gasteiger partial charge is 0.276 e. The normalized spacial score (nSPS) is 10.0. The maximum atomic E-state index is 12.2. The van der Waals surface area contributed by atoms with Crippen molar-refractivity contribution in [2.75, 3.05) is 18.9 Å². The molecule has 0 spiro atoms. The summed E-state index contributed by atoms with van der Waals surface area (Å²) >= 11 is 7.19. The number of hydrogen-bond acceptors (Lipinski definition) is 5. The molecule has 0 aromatic carbocycles. The number of aromatic nitrogens is 2. The van der Waals surface area contributed by atoms with Crippen LogP contribution in [-0.4, -0.2) is 40.3 Å². The topological polar surface area (TPSA) is 105 Å². The van der Waals surface area contributed by atoms with Crippen LogP contribution in [0.4, 0.5) is 5.69 Å². The Morgan fingerprint density at radius 1 is 1.31 bits per heavy atom. The molecule has 2 aromatic heterocycles. The van der Waals surface area contributed by atoms with E-state index in [4.69, 9.17) is 11.6 Å². The predicted octanol–water partition coefficient (Wildman–Crippen LogP) is 1.56. The van der Waals surface area contributed by atoms with E-state index in [9.17, 15) is 14.4 Å². The van der Waals surface area contributed by atoms with E-state index in [1.54, 1.807) is 30.8 Å². The van der Waals surface area contributed by atoms with Crippen LogP contribution in [0.3, 0.4) is 0 Å². The van der Waals surface area contributed by atoms with Gasteiger partial charge in [0.15, 0.2) is 5.69 Å².